The van der Waals surface area contributed by atoms with Gasteiger partial charge in [-0.2, -0.15) is 0 Å². The lowest BCUT2D eigenvalue weighted by atomic mass is 9.94. The summed E-state index contributed by atoms with van der Waals surface area (Å²) >= 11 is 5.72. The van der Waals surface area contributed by atoms with Gasteiger partial charge in [0.15, 0.2) is 0 Å². The monoisotopic (exact) mass is 280 g/mol. The summed E-state index contributed by atoms with van der Waals surface area (Å²) in [5.41, 5.74) is 0. The van der Waals surface area contributed by atoms with E-state index in [2.05, 4.69) is 22.5 Å². The Morgan fingerprint density at radius 2 is 2.37 bits per heavy atom. The molecule has 1 unspecified atom stereocenters. The largest absolute Gasteiger partial charge is 0.476 e. The number of halogens is 1. The number of pyridine rings is 1. The van der Waals surface area contributed by atoms with Crippen LogP contribution < -0.4 is 10.1 Å². The average molecular weight is 281 g/mol. The molecule has 0 spiro atoms. The third-order valence-corrected chi connectivity index (χ3v) is 3.21. The Hall–Kier alpha value is -1.55. The molecule has 1 N–H and O–H groups in total. The highest BCUT2D eigenvalue weighted by Gasteiger charge is 2.17. The summed E-state index contributed by atoms with van der Waals surface area (Å²) in [7, 11) is 0. The first-order valence-corrected chi connectivity index (χ1v) is 6.80. The second-order valence-corrected chi connectivity index (χ2v) is 4.87. The molecule has 0 saturated heterocycles. The van der Waals surface area contributed by atoms with Gasteiger partial charge in [-0.1, -0.05) is 23.8 Å². The van der Waals surface area contributed by atoms with Gasteiger partial charge in [-0.25, -0.2) is 4.98 Å². The molecule has 1 aromatic rings. The molecule has 0 radical (unpaired) electrons. The number of rotatable bonds is 5. The molecule has 1 heterocycles. The quantitative estimate of drug-likeness (QED) is 0.666. The molecular formula is C14H17ClN2O2. The maximum atomic E-state index is 11.8. The molecule has 2 rings (SSSR count). The molecule has 0 bridgehead atoms. The Bertz CT molecular complexity index is 445. The van der Waals surface area contributed by atoms with Gasteiger partial charge in [0.05, 0.1) is 11.6 Å². The van der Waals surface area contributed by atoms with E-state index in [9.17, 15) is 4.79 Å². The van der Waals surface area contributed by atoms with E-state index in [1.54, 1.807) is 12.1 Å². The molecular weight excluding hydrogens is 264 g/mol. The van der Waals surface area contributed by atoms with Crippen molar-refractivity contribution in [1.82, 2.24) is 10.3 Å². The number of amides is 1. The maximum Gasteiger partial charge on any atom is 0.223 e. The average Bonchev–Trinajstić information content (AvgIpc) is 2.46. The molecule has 102 valence electrons. The van der Waals surface area contributed by atoms with Gasteiger partial charge in [0.2, 0.25) is 11.8 Å². The molecule has 19 heavy (non-hydrogen) atoms. The number of aromatic nitrogens is 1. The third-order valence-electron chi connectivity index (χ3n) is 2.99. The smallest absolute Gasteiger partial charge is 0.223 e. The summed E-state index contributed by atoms with van der Waals surface area (Å²) in [5, 5.41) is 3.46. The number of ether oxygens (including phenoxy) is 1. The number of carbonyl (C=O) groups excluding carboxylic acids is 1. The topological polar surface area (TPSA) is 51.2 Å². The zero-order valence-electron chi connectivity index (χ0n) is 10.6. The molecule has 4 nitrogen and oxygen atoms in total. The van der Waals surface area contributed by atoms with E-state index in [-0.39, 0.29) is 11.8 Å². The number of hydrogen-bond donors (Lipinski definition) is 1. The minimum absolute atomic E-state index is 0.108. The minimum atomic E-state index is 0.108. The van der Waals surface area contributed by atoms with E-state index in [0.29, 0.717) is 24.1 Å². The first-order valence-electron chi connectivity index (χ1n) is 6.43. The van der Waals surface area contributed by atoms with Crippen molar-refractivity contribution in [2.24, 2.45) is 5.92 Å². The van der Waals surface area contributed by atoms with Crippen molar-refractivity contribution in [3.8, 4) is 5.88 Å². The van der Waals surface area contributed by atoms with Gasteiger partial charge in [-0.3, -0.25) is 4.79 Å². The summed E-state index contributed by atoms with van der Waals surface area (Å²) in [6, 6.07) is 3.42. The molecule has 1 aliphatic carbocycles. The van der Waals surface area contributed by atoms with Crippen LogP contribution in [0.1, 0.15) is 19.3 Å². The summed E-state index contributed by atoms with van der Waals surface area (Å²) in [6.07, 6.45) is 8.49. The number of carbonyl (C=O) groups is 1. The van der Waals surface area contributed by atoms with Gasteiger partial charge in [0.1, 0.15) is 6.61 Å². The summed E-state index contributed by atoms with van der Waals surface area (Å²) in [5.74, 6) is 0.731. The first-order chi connectivity index (χ1) is 9.25. The highest BCUT2D eigenvalue weighted by molar-refractivity contribution is 6.30. The lowest BCUT2D eigenvalue weighted by molar-refractivity contribution is -0.125. The molecule has 1 aromatic heterocycles. The van der Waals surface area contributed by atoms with Crippen LogP contribution in [-0.2, 0) is 4.79 Å². The van der Waals surface area contributed by atoms with Crippen LogP contribution in [-0.4, -0.2) is 24.0 Å². The number of nitrogens with zero attached hydrogens (tertiary/aromatic N) is 1. The molecule has 0 aliphatic heterocycles. The Labute approximate surface area is 117 Å². The molecule has 0 aromatic carbocycles. The van der Waals surface area contributed by atoms with Crippen molar-refractivity contribution < 1.29 is 9.53 Å². The molecule has 1 aliphatic rings. The van der Waals surface area contributed by atoms with Gasteiger partial charge in [-0.15, -0.1) is 0 Å². The summed E-state index contributed by atoms with van der Waals surface area (Å²) in [6.45, 7) is 0.895. The second-order valence-electron chi connectivity index (χ2n) is 4.44. The molecule has 5 heteroatoms. The second kappa shape index (κ2) is 7.14. The van der Waals surface area contributed by atoms with Gasteiger partial charge in [0, 0.05) is 18.2 Å². The highest BCUT2D eigenvalue weighted by Crippen LogP contribution is 2.17. The van der Waals surface area contributed by atoms with Crippen molar-refractivity contribution >= 4 is 17.5 Å². The van der Waals surface area contributed by atoms with Crippen molar-refractivity contribution in [3.63, 3.8) is 0 Å². The molecule has 1 amide bonds. The van der Waals surface area contributed by atoms with E-state index >= 15 is 0 Å². The Balaban J connectivity index is 1.65. The van der Waals surface area contributed by atoms with Crippen LogP contribution >= 0.6 is 11.6 Å². The van der Waals surface area contributed by atoms with Crippen LogP contribution in [0.2, 0.25) is 5.02 Å². The predicted molar refractivity (Wildman–Crippen MR) is 74.2 cm³/mol. The Kier molecular flexibility index (Phi) is 5.21. The van der Waals surface area contributed by atoms with Crippen LogP contribution in [0.25, 0.3) is 0 Å². The van der Waals surface area contributed by atoms with Crippen LogP contribution in [0.4, 0.5) is 0 Å². The lowest BCUT2D eigenvalue weighted by Crippen LogP contribution is -2.34. The Morgan fingerprint density at radius 3 is 3.05 bits per heavy atom. The lowest BCUT2D eigenvalue weighted by Gasteiger charge is -2.17. The van der Waals surface area contributed by atoms with E-state index in [0.717, 1.165) is 19.3 Å². The van der Waals surface area contributed by atoms with Crippen molar-refractivity contribution in [1.29, 1.82) is 0 Å². The van der Waals surface area contributed by atoms with E-state index in [1.165, 1.54) is 6.20 Å². The van der Waals surface area contributed by atoms with E-state index in [1.807, 2.05) is 0 Å². The first kappa shape index (κ1) is 13.9. The Morgan fingerprint density at radius 1 is 1.47 bits per heavy atom. The van der Waals surface area contributed by atoms with Gasteiger partial charge < -0.3 is 10.1 Å². The fourth-order valence-corrected chi connectivity index (χ4v) is 2.07. The number of nitrogens with one attached hydrogen (secondary N) is 1. The van der Waals surface area contributed by atoms with Crippen molar-refractivity contribution in [2.75, 3.05) is 13.2 Å². The van der Waals surface area contributed by atoms with Crippen LogP contribution in [0.5, 0.6) is 5.88 Å². The van der Waals surface area contributed by atoms with Crippen LogP contribution in [0, 0.1) is 5.92 Å². The van der Waals surface area contributed by atoms with E-state index < -0.39 is 0 Å². The van der Waals surface area contributed by atoms with Gasteiger partial charge in [0.25, 0.3) is 0 Å². The molecule has 0 fully saturated rings. The van der Waals surface area contributed by atoms with Crippen molar-refractivity contribution in [2.45, 2.75) is 19.3 Å². The van der Waals surface area contributed by atoms with Crippen molar-refractivity contribution in [3.05, 3.63) is 35.5 Å². The highest BCUT2D eigenvalue weighted by atomic mass is 35.5. The SMILES string of the molecule is O=C(NCCOc1ccc(Cl)cn1)C1CC=CCC1. The van der Waals surface area contributed by atoms with Gasteiger partial charge in [-0.05, 0) is 25.3 Å². The fourth-order valence-electron chi connectivity index (χ4n) is 1.95. The predicted octanol–water partition coefficient (Wildman–Crippen LogP) is 2.59. The van der Waals surface area contributed by atoms with Crippen LogP contribution in [0.3, 0.4) is 0 Å². The zero-order valence-corrected chi connectivity index (χ0v) is 11.4. The van der Waals surface area contributed by atoms with E-state index in [4.69, 9.17) is 16.3 Å². The maximum absolute atomic E-state index is 11.8. The zero-order chi connectivity index (χ0) is 13.5. The number of allylic oxidation sites excluding steroid dienone is 2. The van der Waals surface area contributed by atoms with Gasteiger partial charge >= 0.3 is 0 Å². The molecule has 0 saturated carbocycles. The summed E-state index contributed by atoms with van der Waals surface area (Å²) in [4.78, 5) is 15.8. The standard InChI is InChI=1S/C14H17ClN2O2/c15-12-6-7-13(17-10-12)19-9-8-16-14(18)11-4-2-1-3-5-11/h1-2,6-7,10-11H,3-5,8-9H2,(H,16,18). The fraction of sp³-hybridized carbons (Fsp3) is 0.429. The number of hydrogen-bond acceptors (Lipinski definition) is 3. The van der Waals surface area contributed by atoms with Crippen LogP contribution in [0.15, 0.2) is 30.5 Å². The third kappa shape index (κ3) is 4.56. The molecule has 1 atom stereocenters. The minimum Gasteiger partial charge on any atom is -0.476 e. The normalized spacial score (nSPS) is 18.1. The summed E-state index contributed by atoms with van der Waals surface area (Å²) < 4.78 is 5.40.